The van der Waals surface area contributed by atoms with Gasteiger partial charge in [0.1, 0.15) is 5.02 Å². The van der Waals surface area contributed by atoms with Gasteiger partial charge in [-0.3, -0.25) is 9.59 Å². The molecule has 0 saturated heterocycles. The van der Waals surface area contributed by atoms with Crippen molar-refractivity contribution in [1.82, 2.24) is 9.97 Å². The molecule has 1 heterocycles. The zero-order valence-electron chi connectivity index (χ0n) is 10.8. The molecule has 0 aliphatic heterocycles. The Morgan fingerprint density at radius 2 is 2.21 bits per heavy atom. The molecular formula is C11H16ClN3O4. The normalized spacial score (nSPS) is 10.3. The molecule has 0 saturated carbocycles. The highest BCUT2D eigenvalue weighted by Crippen LogP contribution is 2.18. The summed E-state index contributed by atoms with van der Waals surface area (Å²) in [4.78, 5) is 30.7. The average Bonchev–Trinajstić information content (AvgIpc) is 2.42. The number of nitrogens with zero attached hydrogens (tertiary/aromatic N) is 2. The van der Waals surface area contributed by atoms with Gasteiger partial charge in [-0.2, -0.15) is 0 Å². The van der Waals surface area contributed by atoms with Crippen molar-refractivity contribution in [3.63, 3.8) is 0 Å². The second-order valence-electron chi connectivity index (χ2n) is 3.68. The van der Waals surface area contributed by atoms with Gasteiger partial charge < -0.3 is 19.4 Å². The quantitative estimate of drug-likeness (QED) is 0.733. The number of anilines is 1. The van der Waals surface area contributed by atoms with Crippen molar-refractivity contribution in [3.05, 3.63) is 21.7 Å². The highest BCUT2D eigenvalue weighted by atomic mass is 35.5. The fourth-order valence-electron chi connectivity index (χ4n) is 1.45. The lowest BCUT2D eigenvalue weighted by Crippen LogP contribution is -2.32. The highest BCUT2D eigenvalue weighted by Gasteiger charge is 2.15. The Morgan fingerprint density at radius 1 is 1.47 bits per heavy atom. The molecule has 0 unspecified atom stereocenters. The zero-order valence-corrected chi connectivity index (χ0v) is 11.6. The Hall–Kier alpha value is -1.60. The SMILES string of the molecule is COCCN(CCC(=O)OC)c1nc[nH]c(=O)c1Cl. The van der Waals surface area contributed by atoms with Crippen LogP contribution in [0.2, 0.25) is 5.02 Å². The number of ether oxygens (including phenoxy) is 2. The summed E-state index contributed by atoms with van der Waals surface area (Å²) in [6.45, 7) is 1.22. The first-order chi connectivity index (χ1) is 9.10. The summed E-state index contributed by atoms with van der Waals surface area (Å²) < 4.78 is 9.56. The minimum absolute atomic E-state index is 0.0107. The number of halogens is 1. The number of carbonyl (C=O) groups excluding carboxylic acids is 1. The van der Waals surface area contributed by atoms with Crippen molar-refractivity contribution in [1.29, 1.82) is 0 Å². The smallest absolute Gasteiger partial charge is 0.307 e. The van der Waals surface area contributed by atoms with E-state index in [1.54, 1.807) is 12.0 Å². The molecule has 0 aliphatic carbocycles. The number of nitrogens with one attached hydrogen (secondary N) is 1. The van der Waals surface area contributed by atoms with E-state index < -0.39 is 5.56 Å². The summed E-state index contributed by atoms with van der Waals surface area (Å²) in [6.07, 6.45) is 1.44. The predicted octanol–water partition coefficient (Wildman–Crippen LogP) is 0.439. The third-order valence-corrected chi connectivity index (χ3v) is 2.80. The van der Waals surface area contributed by atoms with Crippen LogP contribution in [0.4, 0.5) is 5.82 Å². The molecule has 0 fully saturated rings. The molecule has 8 heteroatoms. The number of hydrogen-bond donors (Lipinski definition) is 1. The number of H-pyrrole nitrogens is 1. The first-order valence-electron chi connectivity index (χ1n) is 5.64. The Balaban J connectivity index is 2.86. The topological polar surface area (TPSA) is 84.5 Å². The van der Waals surface area contributed by atoms with Crippen molar-refractivity contribution in [2.45, 2.75) is 6.42 Å². The Labute approximate surface area is 115 Å². The summed E-state index contributed by atoms with van der Waals surface area (Å²) in [7, 11) is 2.88. The van der Waals surface area contributed by atoms with Crippen LogP contribution in [0.15, 0.2) is 11.1 Å². The van der Waals surface area contributed by atoms with Crippen LogP contribution < -0.4 is 10.5 Å². The molecule has 1 aromatic rings. The molecular weight excluding hydrogens is 274 g/mol. The predicted molar refractivity (Wildman–Crippen MR) is 70.6 cm³/mol. The van der Waals surface area contributed by atoms with Crippen LogP contribution in [-0.2, 0) is 14.3 Å². The van der Waals surface area contributed by atoms with Gasteiger partial charge in [-0.15, -0.1) is 0 Å². The standard InChI is InChI=1S/C11H16ClN3O4/c1-18-6-5-15(4-3-8(16)19-2)10-9(12)11(17)14-7-13-10/h7H,3-6H2,1-2H3,(H,13,14,17). The lowest BCUT2D eigenvalue weighted by atomic mass is 10.3. The van der Waals surface area contributed by atoms with E-state index >= 15 is 0 Å². The van der Waals surface area contributed by atoms with Gasteiger partial charge in [0.2, 0.25) is 0 Å². The number of hydrogen-bond acceptors (Lipinski definition) is 6. The second-order valence-corrected chi connectivity index (χ2v) is 4.05. The Bertz CT molecular complexity index is 477. The summed E-state index contributed by atoms with van der Waals surface area (Å²) in [5.74, 6) is -0.0188. The van der Waals surface area contributed by atoms with E-state index in [4.69, 9.17) is 16.3 Å². The highest BCUT2D eigenvalue weighted by molar-refractivity contribution is 6.32. The van der Waals surface area contributed by atoms with Crippen molar-refractivity contribution in [2.75, 3.05) is 38.8 Å². The van der Waals surface area contributed by atoms with E-state index in [1.807, 2.05) is 0 Å². The summed E-state index contributed by atoms with van der Waals surface area (Å²) in [5.41, 5.74) is -0.424. The monoisotopic (exact) mass is 289 g/mol. The average molecular weight is 290 g/mol. The van der Waals surface area contributed by atoms with E-state index in [0.717, 1.165) is 0 Å². The molecule has 0 aliphatic rings. The van der Waals surface area contributed by atoms with Gasteiger partial charge in [0, 0.05) is 20.2 Å². The lowest BCUT2D eigenvalue weighted by molar-refractivity contribution is -0.140. The molecule has 7 nitrogen and oxygen atoms in total. The number of aromatic amines is 1. The molecule has 0 radical (unpaired) electrons. The largest absolute Gasteiger partial charge is 0.469 e. The molecule has 106 valence electrons. The zero-order chi connectivity index (χ0) is 14.3. The van der Waals surface area contributed by atoms with Gasteiger partial charge in [0.15, 0.2) is 5.82 Å². The fraction of sp³-hybridized carbons (Fsp3) is 0.545. The number of aromatic nitrogens is 2. The molecule has 0 aromatic carbocycles. The van der Waals surface area contributed by atoms with Gasteiger partial charge >= 0.3 is 5.97 Å². The molecule has 0 bridgehead atoms. The number of esters is 1. The molecule has 1 aromatic heterocycles. The number of rotatable bonds is 7. The Morgan fingerprint density at radius 3 is 2.84 bits per heavy atom. The maximum atomic E-state index is 11.4. The third kappa shape index (κ3) is 4.53. The first kappa shape index (κ1) is 15.5. The number of carbonyl (C=O) groups is 1. The summed E-state index contributed by atoms with van der Waals surface area (Å²) in [5, 5.41) is -0.0107. The maximum Gasteiger partial charge on any atom is 0.307 e. The van der Waals surface area contributed by atoms with Crippen LogP contribution in [0.3, 0.4) is 0 Å². The summed E-state index contributed by atoms with van der Waals surface area (Å²) in [6, 6.07) is 0. The molecule has 1 N–H and O–H groups in total. The molecule has 1 rings (SSSR count). The van der Waals surface area contributed by atoms with Crippen molar-refractivity contribution >= 4 is 23.4 Å². The van der Waals surface area contributed by atoms with E-state index in [0.29, 0.717) is 25.5 Å². The lowest BCUT2D eigenvalue weighted by Gasteiger charge is -2.23. The minimum atomic E-state index is -0.424. The fourth-order valence-corrected chi connectivity index (χ4v) is 1.67. The van der Waals surface area contributed by atoms with Crippen molar-refractivity contribution in [2.24, 2.45) is 0 Å². The van der Waals surface area contributed by atoms with Gasteiger partial charge in [-0.25, -0.2) is 4.98 Å². The van der Waals surface area contributed by atoms with Crippen LogP contribution in [-0.4, -0.2) is 49.9 Å². The van der Waals surface area contributed by atoms with Crippen LogP contribution in [0, 0.1) is 0 Å². The van der Waals surface area contributed by atoms with Crippen LogP contribution >= 0.6 is 11.6 Å². The van der Waals surface area contributed by atoms with E-state index in [9.17, 15) is 9.59 Å². The molecule has 0 atom stereocenters. The number of methoxy groups -OCH3 is 2. The third-order valence-electron chi connectivity index (χ3n) is 2.46. The van der Waals surface area contributed by atoms with E-state index in [2.05, 4.69) is 14.7 Å². The van der Waals surface area contributed by atoms with Gasteiger partial charge in [0.25, 0.3) is 5.56 Å². The van der Waals surface area contributed by atoms with Crippen LogP contribution in [0.25, 0.3) is 0 Å². The van der Waals surface area contributed by atoms with Crippen LogP contribution in [0.1, 0.15) is 6.42 Å². The van der Waals surface area contributed by atoms with Gasteiger partial charge in [-0.1, -0.05) is 11.6 Å². The molecule has 19 heavy (non-hydrogen) atoms. The first-order valence-corrected chi connectivity index (χ1v) is 6.01. The van der Waals surface area contributed by atoms with Gasteiger partial charge in [-0.05, 0) is 0 Å². The van der Waals surface area contributed by atoms with Gasteiger partial charge in [0.05, 0.1) is 26.5 Å². The van der Waals surface area contributed by atoms with Crippen LogP contribution in [0.5, 0.6) is 0 Å². The Kier molecular flexibility index (Phi) is 6.31. The second kappa shape index (κ2) is 7.75. The van der Waals surface area contributed by atoms with E-state index in [-0.39, 0.29) is 17.4 Å². The summed E-state index contributed by atoms with van der Waals surface area (Å²) >= 11 is 5.91. The minimum Gasteiger partial charge on any atom is -0.469 e. The molecule has 0 spiro atoms. The van der Waals surface area contributed by atoms with Crippen molar-refractivity contribution in [3.8, 4) is 0 Å². The van der Waals surface area contributed by atoms with E-state index in [1.165, 1.54) is 13.4 Å². The van der Waals surface area contributed by atoms with Crippen molar-refractivity contribution < 1.29 is 14.3 Å². The maximum absolute atomic E-state index is 11.4. The molecule has 0 amide bonds.